The van der Waals surface area contributed by atoms with Crippen molar-refractivity contribution in [1.29, 1.82) is 0 Å². The number of nitrogens with one attached hydrogen (secondary N) is 1. The highest BCUT2D eigenvalue weighted by molar-refractivity contribution is 4.68. The van der Waals surface area contributed by atoms with E-state index in [9.17, 15) is 0 Å². The molecule has 0 aliphatic carbocycles. The highest BCUT2D eigenvalue weighted by atomic mass is 15.2. The predicted molar refractivity (Wildman–Crippen MR) is 69.3 cm³/mol. The zero-order valence-electron chi connectivity index (χ0n) is 11.5. The first-order valence-electron chi connectivity index (χ1n) is 6.45. The van der Waals surface area contributed by atoms with Gasteiger partial charge in [0.25, 0.3) is 0 Å². The van der Waals surface area contributed by atoms with Gasteiger partial charge >= 0.3 is 0 Å². The van der Waals surface area contributed by atoms with Crippen LogP contribution in [0.3, 0.4) is 0 Å². The number of hydrogen-bond acceptors (Lipinski definition) is 2. The Morgan fingerprint density at radius 2 is 1.53 bits per heavy atom. The van der Waals surface area contributed by atoms with Crippen LogP contribution in [0.1, 0.15) is 48.0 Å². The van der Waals surface area contributed by atoms with Crippen molar-refractivity contribution in [2.45, 2.75) is 60.0 Å². The second kappa shape index (κ2) is 8.12. The van der Waals surface area contributed by atoms with Gasteiger partial charge in [-0.1, -0.05) is 20.3 Å². The summed E-state index contributed by atoms with van der Waals surface area (Å²) in [6.45, 7) is 17.1. The molecule has 0 aromatic rings. The maximum atomic E-state index is 3.53. The van der Waals surface area contributed by atoms with Gasteiger partial charge in [0.2, 0.25) is 0 Å². The van der Waals surface area contributed by atoms with E-state index in [1.54, 1.807) is 0 Å². The van der Waals surface area contributed by atoms with Crippen molar-refractivity contribution >= 4 is 0 Å². The Morgan fingerprint density at radius 3 is 1.93 bits per heavy atom. The third-order valence-corrected chi connectivity index (χ3v) is 3.06. The summed E-state index contributed by atoms with van der Waals surface area (Å²) in [5.74, 6) is 0.802. The van der Waals surface area contributed by atoms with Gasteiger partial charge < -0.3 is 5.32 Å². The minimum Gasteiger partial charge on any atom is -0.315 e. The molecule has 0 spiro atoms. The molecular weight excluding hydrogens is 184 g/mol. The first-order valence-corrected chi connectivity index (χ1v) is 6.45. The van der Waals surface area contributed by atoms with Gasteiger partial charge in [0, 0.05) is 25.2 Å². The van der Waals surface area contributed by atoms with Gasteiger partial charge in [-0.25, -0.2) is 0 Å². The van der Waals surface area contributed by atoms with E-state index in [2.05, 4.69) is 51.8 Å². The van der Waals surface area contributed by atoms with E-state index in [0.717, 1.165) is 25.6 Å². The molecule has 0 amide bonds. The molecule has 1 N–H and O–H groups in total. The monoisotopic (exact) mass is 214 g/mol. The lowest BCUT2D eigenvalue weighted by atomic mass is 10.1. The number of hydrogen-bond donors (Lipinski definition) is 1. The van der Waals surface area contributed by atoms with Crippen molar-refractivity contribution in [2.75, 3.05) is 19.6 Å². The molecule has 0 fully saturated rings. The van der Waals surface area contributed by atoms with Crippen molar-refractivity contribution in [2.24, 2.45) is 5.92 Å². The minimum atomic E-state index is 0.649. The van der Waals surface area contributed by atoms with E-state index < -0.39 is 0 Å². The van der Waals surface area contributed by atoms with E-state index in [4.69, 9.17) is 0 Å². The van der Waals surface area contributed by atoms with Crippen molar-refractivity contribution in [1.82, 2.24) is 10.2 Å². The van der Waals surface area contributed by atoms with Crippen LogP contribution in [-0.4, -0.2) is 36.6 Å². The fourth-order valence-corrected chi connectivity index (χ4v) is 1.81. The molecule has 0 radical (unpaired) electrons. The molecule has 1 atom stereocenters. The maximum absolute atomic E-state index is 3.53. The Balaban J connectivity index is 3.63. The smallest absolute Gasteiger partial charge is 0.0112 e. The molecule has 2 heteroatoms. The van der Waals surface area contributed by atoms with Crippen LogP contribution in [-0.2, 0) is 0 Å². The lowest BCUT2D eigenvalue weighted by molar-refractivity contribution is 0.175. The van der Waals surface area contributed by atoms with Gasteiger partial charge in [-0.2, -0.15) is 0 Å². The average molecular weight is 214 g/mol. The van der Waals surface area contributed by atoms with E-state index in [1.807, 2.05) is 0 Å². The van der Waals surface area contributed by atoms with Crippen molar-refractivity contribution in [3.8, 4) is 0 Å². The van der Waals surface area contributed by atoms with Crippen LogP contribution in [0.5, 0.6) is 0 Å². The van der Waals surface area contributed by atoms with Crippen LogP contribution in [0.2, 0.25) is 0 Å². The molecule has 0 aliphatic rings. The van der Waals surface area contributed by atoms with Crippen LogP contribution in [0, 0.1) is 5.92 Å². The summed E-state index contributed by atoms with van der Waals surface area (Å²) in [6, 6.07) is 1.30. The second-order valence-electron chi connectivity index (χ2n) is 5.14. The lowest BCUT2D eigenvalue weighted by Gasteiger charge is -2.30. The molecule has 0 saturated carbocycles. The zero-order valence-corrected chi connectivity index (χ0v) is 11.5. The Labute approximate surface area is 96.4 Å². The Hall–Kier alpha value is -0.0800. The first kappa shape index (κ1) is 14.9. The number of nitrogens with zero attached hydrogens (tertiary/aromatic N) is 1. The summed E-state index contributed by atoms with van der Waals surface area (Å²) in [5.41, 5.74) is 0. The van der Waals surface area contributed by atoms with Gasteiger partial charge in [-0.05, 0) is 40.2 Å². The van der Waals surface area contributed by atoms with Gasteiger partial charge in [0.1, 0.15) is 0 Å². The molecule has 0 aromatic heterocycles. The summed E-state index contributed by atoms with van der Waals surface area (Å²) in [5, 5.41) is 3.53. The first-order chi connectivity index (χ1) is 6.99. The van der Waals surface area contributed by atoms with Crippen LogP contribution in [0.25, 0.3) is 0 Å². The van der Waals surface area contributed by atoms with Gasteiger partial charge in [0.15, 0.2) is 0 Å². The van der Waals surface area contributed by atoms with E-state index >= 15 is 0 Å². The van der Waals surface area contributed by atoms with Gasteiger partial charge in [-0.15, -0.1) is 0 Å². The quantitative estimate of drug-likeness (QED) is 0.625. The summed E-state index contributed by atoms with van der Waals surface area (Å²) in [4.78, 5) is 2.53. The lowest BCUT2D eigenvalue weighted by Crippen LogP contribution is -2.42. The highest BCUT2D eigenvalue weighted by Crippen LogP contribution is 2.03. The molecule has 0 aromatic carbocycles. The van der Waals surface area contributed by atoms with Crippen LogP contribution >= 0.6 is 0 Å². The largest absolute Gasteiger partial charge is 0.315 e. The van der Waals surface area contributed by atoms with E-state index in [0.29, 0.717) is 12.1 Å². The molecule has 15 heavy (non-hydrogen) atoms. The van der Waals surface area contributed by atoms with Gasteiger partial charge in [0.05, 0.1) is 0 Å². The van der Waals surface area contributed by atoms with Crippen molar-refractivity contribution < 1.29 is 0 Å². The Kier molecular flexibility index (Phi) is 8.07. The topological polar surface area (TPSA) is 15.3 Å². The highest BCUT2D eigenvalue weighted by Gasteiger charge is 2.12. The molecule has 1 unspecified atom stereocenters. The summed E-state index contributed by atoms with van der Waals surface area (Å²) in [6.07, 6.45) is 1.27. The normalized spacial score (nSPS) is 14.2. The van der Waals surface area contributed by atoms with Crippen LogP contribution in [0.15, 0.2) is 0 Å². The predicted octanol–water partition coefficient (Wildman–Crippen LogP) is 2.74. The van der Waals surface area contributed by atoms with Crippen molar-refractivity contribution in [3.05, 3.63) is 0 Å². The fraction of sp³-hybridized carbons (Fsp3) is 1.00. The SMILES string of the molecule is CCC(C)CNCCN(C(C)C)C(C)C. The second-order valence-corrected chi connectivity index (χ2v) is 5.14. The third kappa shape index (κ3) is 6.91. The summed E-state index contributed by atoms with van der Waals surface area (Å²) < 4.78 is 0. The molecule has 92 valence electrons. The fourth-order valence-electron chi connectivity index (χ4n) is 1.81. The number of rotatable bonds is 8. The molecular formula is C13H30N2. The standard InChI is InChI=1S/C13H30N2/c1-7-13(6)10-14-8-9-15(11(2)3)12(4)5/h11-14H,7-10H2,1-6H3. The zero-order chi connectivity index (χ0) is 11.8. The molecule has 2 nitrogen and oxygen atoms in total. The van der Waals surface area contributed by atoms with Gasteiger partial charge in [-0.3, -0.25) is 4.90 Å². The van der Waals surface area contributed by atoms with Crippen molar-refractivity contribution in [3.63, 3.8) is 0 Å². The molecule has 0 bridgehead atoms. The Bertz CT molecular complexity index is 135. The average Bonchev–Trinajstić information content (AvgIpc) is 2.15. The van der Waals surface area contributed by atoms with E-state index in [1.165, 1.54) is 6.42 Å². The van der Waals surface area contributed by atoms with Crippen LogP contribution in [0.4, 0.5) is 0 Å². The Morgan fingerprint density at radius 1 is 1.00 bits per heavy atom. The molecule has 0 aliphatic heterocycles. The molecule has 0 saturated heterocycles. The summed E-state index contributed by atoms with van der Waals surface area (Å²) >= 11 is 0. The van der Waals surface area contributed by atoms with Crippen LogP contribution < -0.4 is 5.32 Å². The van der Waals surface area contributed by atoms with E-state index in [-0.39, 0.29) is 0 Å². The minimum absolute atomic E-state index is 0.649. The maximum Gasteiger partial charge on any atom is 0.0112 e. The molecule has 0 heterocycles. The summed E-state index contributed by atoms with van der Waals surface area (Å²) in [7, 11) is 0. The molecule has 0 rings (SSSR count). The third-order valence-electron chi connectivity index (χ3n) is 3.06.